The first-order valence-corrected chi connectivity index (χ1v) is 8.44. The average Bonchev–Trinajstić information content (AvgIpc) is 3.22. The molecule has 0 bridgehead atoms. The number of Topliss-reactive ketones (excluding diaryl/α,β-unsaturated/α-hetero) is 1. The monoisotopic (exact) mass is 449 g/mol. The van der Waals surface area contributed by atoms with E-state index in [1.54, 1.807) is 22.8 Å². The van der Waals surface area contributed by atoms with Crippen molar-refractivity contribution in [2.24, 2.45) is 7.05 Å². The van der Waals surface area contributed by atoms with Crippen LogP contribution in [0.3, 0.4) is 0 Å². The van der Waals surface area contributed by atoms with Gasteiger partial charge in [-0.25, -0.2) is 9.13 Å². The lowest BCUT2D eigenvalue weighted by molar-refractivity contribution is -0.667. The number of carbonyl (C=O) groups is 1. The Morgan fingerprint density at radius 2 is 1.89 bits per heavy atom. The van der Waals surface area contributed by atoms with Crippen LogP contribution in [-0.4, -0.2) is 17.1 Å². The van der Waals surface area contributed by atoms with Gasteiger partial charge in [0.1, 0.15) is 18.4 Å². The number of carbonyl (C=O) groups excluding carboxylic acids is 1. The third-order valence-electron chi connectivity index (χ3n) is 4.43. The second-order valence-electron chi connectivity index (χ2n) is 6.06. The minimum absolute atomic E-state index is 0. The number of anilines is 1. The average molecular weight is 451 g/mol. The maximum absolute atomic E-state index is 12.7. The van der Waals surface area contributed by atoms with E-state index in [0.717, 1.165) is 11.3 Å². The molecular formula is C19H17BrClN3O3. The fourth-order valence-corrected chi connectivity index (χ4v) is 3.07. The summed E-state index contributed by atoms with van der Waals surface area (Å²) >= 11 is 5.95. The van der Waals surface area contributed by atoms with Crippen LogP contribution in [0.25, 0.3) is 11.3 Å². The first-order chi connectivity index (χ1) is 12.5. The van der Waals surface area contributed by atoms with Gasteiger partial charge in [0.2, 0.25) is 6.79 Å². The molecule has 3 aromatic rings. The summed E-state index contributed by atoms with van der Waals surface area (Å²) in [5, 5.41) is 0.668. The van der Waals surface area contributed by atoms with E-state index in [1.807, 2.05) is 42.1 Å². The first-order valence-electron chi connectivity index (χ1n) is 8.06. The van der Waals surface area contributed by atoms with Crippen LogP contribution in [0.1, 0.15) is 10.4 Å². The summed E-state index contributed by atoms with van der Waals surface area (Å²) in [6, 6.07) is 12.7. The van der Waals surface area contributed by atoms with E-state index in [0.29, 0.717) is 28.0 Å². The molecule has 0 saturated heterocycles. The molecule has 0 unspecified atom stereocenters. The minimum atomic E-state index is -0.0618. The van der Waals surface area contributed by atoms with Crippen molar-refractivity contribution in [3.05, 3.63) is 59.2 Å². The Morgan fingerprint density at radius 1 is 1.19 bits per heavy atom. The van der Waals surface area contributed by atoms with Crippen LogP contribution in [0, 0.1) is 0 Å². The summed E-state index contributed by atoms with van der Waals surface area (Å²) in [7, 11) is 1.86. The van der Waals surface area contributed by atoms with E-state index in [9.17, 15) is 4.79 Å². The van der Waals surface area contributed by atoms with Crippen molar-refractivity contribution < 1.29 is 35.8 Å². The normalized spacial score (nSPS) is 11.9. The third-order valence-corrected chi connectivity index (χ3v) is 4.68. The van der Waals surface area contributed by atoms with Crippen LogP contribution in [0.2, 0.25) is 5.02 Å². The molecule has 140 valence electrons. The molecule has 0 fully saturated rings. The number of nitrogens with zero attached hydrogens (tertiary/aromatic N) is 2. The maximum Gasteiger partial charge on any atom is 0.355 e. The molecule has 2 N–H and O–H groups in total. The lowest BCUT2D eigenvalue weighted by Crippen LogP contribution is -3.00. The van der Waals surface area contributed by atoms with Gasteiger partial charge < -0.3 is 26.5 Å². The predicted octanol–water partition coefficient (Wildman–Crippen LogP) is -0.169. The summed E-state index contributed by atoms with van der Waals surface area (Å²) in [5.74, 6) is 1.67. The van der Waals surface area contributed by atoms with Crippen LogP contribution in [0.4, 0.5) is 5.95 Å². The van der Waals surface area contributed by atoms with Crippen LogP contribution in [0.5, 0.6) is 11.5 Å². The molecule has 2 heterocycles. The Labute approximate surface area is 171 Å². The Kier molecular flexibility index (Phi) is 5.43. The highest BCUT2D eigenvalue weighted by molar-refractivity contribution is 6.30. The van der Waals surface area contributed by atoms with Gasteiger partial charge in [0.15, 0.2) is 17.3 Å². The molecule has 4 rings (SSSR count). The summed E-state index contributed by atoms with van der Waals surface area (Å²) in [6.07, 6.45) is 1.86. The highest BCUT2D eigenvalue weighted by Crippen LogP contribution is 2.32. The van der Waals surface area contributed by atoms with Gasteiger partial charge in [0, 0.05) is 16.1 Å². The Balaban J connectivity index is 0.00000210. The van der Waals surface area contributed by atoms with Crippen molar-refractivity contribution in [1.29, 1.82) is 0 Å². The molecule has 8 heteroatoms. The predicted molar refractivity (Wildman–Crippen MR) is 97.4 cm³/mol. The topological polar surface area (TPSA) is 70.4 Å². The molecule has 1 aromatic heterocycles. The number of benzene rings is 2. The molecule has 1 aliphatic heterocycles. The molecular weight excluding hydrogens is 434 g/mol. The molecule has 1 aliphatic rings. The highest BCUT2D eigenvalue weighted by atomic mass is 79.9. The van der Waals surface area contributed by atoms with Crippen molar-refractivity contribution in [3.8, 4) is 22.8 Å². The zero-order valence-corrected chi connectivity index (χ0v) is 16.8. The SMILES string of the molecule is Cn1c(-c2ccc(Cl)cc2)c[n+](CC(=O)c2ccc3c(c2)OCO3)c1N.[Br-]. The number of imidazole rings is 1. The third kappa shape index (κ3) is 3.65. The Bertz CT molecular complexity index is 1000. The van der Waals surface area contributed by atoms with Crippen LogP contribution >= 0.6 is 11.6 Å². The van der Waals surface area contributed by atoms with Crippen LogP contribution < -0.4 is 36.8 Å². The number of ether oxygens (including phenoxy) is 2. The standard InChI is InChI=1S/C19H16ClN3O3.BrH/c1-22-15(12-2-5-14(20)6-3-12)9-23(19(22)21)10-16(24)13-4-7-17-18(8-13)26-11-25-17;/h2-9,21H,10-11H2,1H3;1H. The summed E-state index contributed by atoms with van der Waals surface area (Å²) < 4.78 is 14.2. The van der Waals surface area contributed by atoms with Gasteiger partial charge in [-0.2, -0.15) is 0 Å². The fourth-order valence-electron chi connectivity index (χ4n) is 2.95. The second kappa shape index (κ2) is 7.62. The number of rotatable bonds is 4. The van der Waals surface area contributed by atoms with E-state index in [2.05, 4.69) is 0 Å². The quantitative estimate of drug-likeness (QED) is 0.443. The summed E-state index contributed by atoms with van der Waals surface area (Å²) in [6.45, 7) is 0.310. The molecule has 0 amide bonds. The van der Waals surface area contributed by atoms with Gasteiger partial charge in [-0.1, -0.05) is 11.6 Å². The highest BCUT2D eigenvalue weighted by Gasteiger charge is 2.22. The number of fused-ring (bicyclic) bond motifs is 1. The van der Waals surface area contributed by atoms with Crippen LogP contribution in [0.15, 0.2) is 48.7 Å². The van der Waals surface area contributed by atoms with Gasteiger partial charge in [-0.15, -0.1) is 0 Å². The molecule has 0 radical (unpaired) electrons. The van der Waals surface area contributed by atoms with Gasteiger partial charge in [-0.3, -0.25) is 10.5 Å². The van der Waals surface area contributed by atoms with Crippen molar-refractivity contribution in [1.82, 2.24) is 4.57 Å². The van der Waals surface area contributed by atoms with Gasteiger partial charge in [0.25, 0.3) is 0 Å². The second-order valence-corrected chi connectivity index (χ2v) is 6.49. The lowest BCUT2D eigenvalue weighted by Gasteiger charge is -2.02. The van der Waals surface area contributed by atoms with E-state index in [-0.39, 0.29) is 36.1 Å². The maximum atomic E-state index is 12.7. The Hall–Kier alpha value is -2.51. The van der Waals surface area contributed by atoms with Gasteiger partial charge in [0.05, 0.1) is 7.05 Å². The van der Waals surface area contributed by atoms with Crippen molar-refractivity contribution in [2.75, 3.05) is 12.5 Å². The molecule has 0 atom stereocenters. The van der Waals surface area contributed by atoms with Gasteiger partial charge >= 0.3 is 5.95 Å². The summed E-state index contributed by atoms with van der Waals surface area (Å²) in [4.78, 5) is 12.7. The fraction of sp³-hybridized carbons (Fsp3) is 0.158. The number of nitrogens with two attached hydrogens (primary N) is 1. The number of hydrogen-bond acceptors (Lipinski definition) is 4. The zero-order chi connectivity index (χ0) is 18.3. The first kappa shape index (κ1) is 19.3. The Morgan fingerprint density at radius 3 is 2.63 bits per heavy atom. The molecule has 0 aliphatic carbocycles. The van der Waals surface area contributed by atoms with Crippen molar-refractivity contribution in [2.45, 2.75) is 6.54 Å². The largest absolute Gasteiger partial charge is 1.00 e. The van der Waals surface area contributed by atoms with Crippen LogP contribution in [-0.2, 0) is 13.6 Å². The number of nitrogen functional groups attached to an aromatic ring is 1. The molecule has 0 saturated carbocycles. The smallest absolute Gasteiger partial charge is 0.355 e. The molecule has 2 aromatic carbocycles. The number of hydrogen-bond donors (Lipinski definition) is 1. The van der Waals surface area contributed by atoms with E-state index in [4.69, 9.17) is 26.8 Å². The zero-order valence-electron chi connectivity index (χ0n) is 14.5. The van der Waals surface area contributed by atoms with Crippen molar-refractivity contribution in [3.63, 3.8) is 0 Å². The molecule has 27 heavy (non-hydrogen) atoms. The molecule has 0 spiro atoms. The van der Waals surface area contributed by atoms with Gasteiger partial charge in [-0.05, 0) is 42.5 Å². The summed E-state index contributed by atoms with van der Waals surface area (Å²) in [5.41, 5.74) is 8.61. The van der Waals surface area contributed by atoms with E-state index in [1.165, 1.54) is 0 Å². The number of halogens is 2. The number of ketones is 1. The lowest BCUT2D eigenvalue weighted by atomic mass is 10.1. The van der Waals surface area contributed by atoms with E-state index < -0.39 is 0 Å². The minimum Gasteiger partial charge on any atom is -1.00 e. The van der Waals surface area contributed by atoms with Crippen molar-refractivity contribution >= 4 is 23.3 Å². The molecule has 6 nitrogen and oxygen atoms in total. The number of aromatic nitrogens is 2. The van der Waals surface area contributed by atoms with E-state index >= 15 is 0 Å².